The van der Waals surface area contributed by atoms with Crippen molar-refractivity contribution in [3.8, 4) is 0 Å². The topological polar surface area (TPSA) is 137 Å². The van der Waals surface area contributed by atoms with Gasteiger partial charge in [0.1, 0.15) is 6.04 Å². The van der Waals surface area contributed by atoms with Crippen molar-refractivity contribution in [2.24, 2.45) is 5.73 Å². The molecule has 1 unspecified atom stereocenters. The third kappa shape index (κ3) is 5.68. The van der Waals surface area contributed by atoms with Gasteiger partial charge in [0.2, 0.25) is 11.8 Å². The van der Waals surface area contributed by atoms with E-state index < -0.39 is 23.8 Å². The van der Waals surface area contributed by atoms with Crippen LogP contribution in [0.15, 0.2) is 0 Å². The maximum Gasteiger partial charge on any atom is 0.326 e. The van der Waals surface area contributed by atoms with Gasteiger partial charge in [-0.3, -0.25) is 19.9 Å². The molecule has 2 amide bonds. The smallest absolute Gasteiger partial charge is 0.326 e. The quantitative estimate of drug-likeness (QED) is 0.279. The molecule has 0 fully saturated rings. The molecular weight excluding hydrogens is 264 g/mol. The molecule has 0 radical (unpaired) electrons. The fourth-order valence-electron chi connectivity index (χ4n) is 1.71. The summed E-state index contributed by atoms with van der Waals surface area (Å²) in [5, 5.41) is 18.7. The van der Waals surface area contributed by atoms with Gasteiger partial charge < -0.3 is 16.2 Å². The largest absolute Gasteiger partial charge is 0.480 e. The lowest BCUT2D eigenvalue weighted by Crippen LogP contribution is -2.48. The summed E-state index contributed by atoms with van der Waals surface area (Å²) in [6, 6.07) is -1.18. The number of carboxylic acid groups (broad SMARTS) is 1. The molecule has 0 heterocycles. The van der Waals surface area contributed by atoms with E-state index in [9.17, 15) is 19.5 Å². The first kappa shape index (κ1) is 17.9. The SMILES string of the molecule is CCC(=O)N(C(=O)CC)C(CCCNC(=N)N)C(=O)O. The van der Waals surface area contributed by atoms with Crippen molar-refractivity contribution in [1.82, 2.24) is 10.2 Å². The fourth-order valence-corrected chi connectivity index (χ4v) is 1.71. The van der Waals surface area contributed by atoms with E-state index in [4.69, 9.17) is 11.1 Å². The standard InChI is InChI=1S/C12H22N4O4/c1-3-9(17)16(10(18)4-2)8(11(19)20)6-5-7-15-12(13)14/h8H,3-7H2,1-2H3,(H,19,20)(H4,13,14,15). The number of carboxylic acids is 1. The van der Waals surface area contributed by atoms with Crippen molar-refractivity contribution < 1.29 is 19.5 Å². The summed E-state index contributed by atoms with van der Waals surface area (Å²) < 4.78 is 0. The van der Waals surface area contributed by atoms with E-state index in [-0.39, 0.29) is 25.2 Å². The molecule has 0 spiro atoms. The lowest BCUT2D eigenvalue weighted by molar-refractivity contribution is -0.158. The molecule has 0 saturated carbocycles. The van der Waals surface area contributed by atoms with E-state index >= 15 is 0 Å². The monoisotopic (exact) mass is 286 g/mol. The van der Waals surface area contributed by atoms with Crippen molar-refractivity contribution in [2.75, 3.05) is 6.54 Å². The van der Waals surface area contributed by atoms with Gasteiger partial charge >= 0.3 is 5.97 Å². The highest BCUT2D eigenvalue weighted by molar-refractivity contribution is 5.99. The predicted octanol–water partition coefficient (Wildman–Crippen LogP) is -0.122. The molecule has 8 heteroatoms. The van der Waals surface area contributed by atoms with Crippen molar-refractivity contribution in [1.29, 1.82) is 5.41 Å². The van der Waals surface area contributed by atoms with Crippen LogP contribution in [0.2, 0.25) is 0 Å². The highest BCUT2D eigenvalue weighted by atomic mass is 16.4. The highest BCUT2D eigenvalue weighted by Crippen LogP contribution is 2.11. The number of guanidine groups is 1. The third-order valence-corrected chi connectivity index (χ3v) is 2.71. The molecular formula is C12H22N4O4. The van der Waals surface area contributed by atoms with Crippen molar-refractivity contribution in [2.45, 2.75) is 45.6 Å². The van der Waals surface area contributed by atoms with Crippen LogP contribution in [0.5, 0.6) is 0 Å². The van der Waals surface area contributed by atoms with Gasteiger partial charge in [0.15, 0.2) is 5.96 Å². The van der Waals surface area contributed by atoms with E-state index in [0.717, 1.165) is 4.90 Å². The van der Waals surface area contributed by atoms with Crippen molar-refractivity contribution in [3.63, 3.8) is 0 Å². The molecule has 0 aliphatic rings. The first-order valence-corrected chi connectivity index (χ1v) is 6.50. The van der Waals surface area contributed by atoms with Crippen LogP contribution in [0, 0.1) is 5.41 Å². The van der Waals surface area contributed by atoms with Gasteiger partial charge in [-0.25, -0.2) is 4.79 Å². The zero-order valence-corrected chi connectivity index (χ0v) is 11.8. The van der Waals surface area contributed by atoms with E-state index in [1.165, 1.54) is 0 Å². The lowest BCUT2D eigenvalue weighted by atomic mass is 10.1. The summed E-state index contributed by atoms with van der Waals surface area (Å²) in [4.78, 5) is 35.6. The molecule has 1 atom stereocenters. The maximum absolute atomic E-state index is 11.8. The summed E-state index contributed by atoms with van der Waals surface area (Å²) in [6.45, 7) is 3.47. The van der Waals surface area contributed by atoms with Crippen LogP contribution in [0.3, 0.4) is 0 Å². The second-order valence-electron chi connectivity index (χ2n) is 4.20. The minimum atomic E-state index is -1.21. The van der Waals surface area contributed by atoms with Crippen LogP contribution < -0.4 is 11.1 Å². The van der Waals surface area contributed by atoms with E-state index in [1.807, 2.05) is 0 Å². The van der Waals surface area contributed by atoms with Gasteiger partial charge in [0, 0.05) is 19.4 Å². The molecule has 0 aromatic carbocycles. The normalized spacial score (nSPS) is 11.5. The molecule has 20 heavy (non-hydrogen) atoms. The van der Waals surface area contributed by atoms with Crippen LogP contribution in [0.1, 0.15) is 39.5 Å². The predicted molar refractivity (Wildman–Crippen MR) is 73.0 cm³/mol. The number of rotatable bonds is 8. The Morgan fingerprint density at radius 2 is 1.75 bits per heavy atom. The number of nitrogens with zero attached hydrogens (tertiary/aromatic N) is 1. The number of carbonyl (C=O) groups is 3. The molecule has 114 valence electrons. The molecule has 0 aromatic rings. The Labute approximate surface area is 117 Å². The van der Waals surface area contributed by atoms with E-state index in [2.05, 4.69) is 5.32 Å². The van der Waals surface area contributed by atoms with Crippen LogP contribution in [-0.4, -0.2) is 46.3 Å². The Balaban J connectivity index is 4.82. The second kappa shape index (κ2) is 8.89. The summed E-state index contributed by atoms with van der Waals surface area (Å²) in [5.74, 6) is -2.41. The molecule has 8 nitrogen and oxygen atoms in total. The number of hydrogen-bond acceptors (Lipinski definition) is 4. The third-order valence-electron chi connectivity index (χ3n) is 2.71. The Morgan fingerprint density at radius 3 is 2.10 bits per heavy atom. The minimum absolute atomic E-state index is 0.0707. The van der Waals surface area contributed by atoms with Gasteiger partial charge in [-0.15, -0.1) is 0 Å². The zero-order chi connectivity index (χ0) is 15.7. The van der Waals surface area contributed by atoms with Crippen molar-refractivity contribution in [3.05, 3.63) is 0 Å². The van der Waals surface area contributed by atoms with Gasteiger partial charge in [-0.2, -0.15) is 0 Å². The van der Waals surface area contributed by atoms with E-state index in [1.54, 1.807) is 13.8 Å². The first-order valence-electron chi connectivity index (χ1n) is 6.50. The summed E-state index contributed by atoms with van der Waals surface area (Å²) in [7, 11) is 0. The number of hydrogen-bond donors (Lipinski definition) is 4. The molecule has 0 bridgehead atoms. The number of amides is 2. The van der Waals surface area contributed by atoms with Crippen LogP contribution in [0.25, 0.3) is 0 Å². The molecule has 0 aliphatic heterocycles. The minimum Gasteiger partial charge on any atom is -0.480 e. The summed E-state index contributed by atoms with van der Waals surface area (Å²) in [6.07, 6.45) is 0.635. The Morgan fingerprint density at radius 1 is 1.25 bits per heavy atom. The maximum atomic E-state index is 11.8. The molecule has 0 aliphatic carbocycles. The number of nitrogens with one attached hydrogen (secondary N) is 2. The number of imide groups is 1. The second-order valence-corrected chi connectivity index (χ2v) is 4.20. The van der Waals surface area contributed by atoms with Gasteiger partial charge in [0.25, 0.3) is 0 Å². The number of carbonyl (C=O) groups excluding carboxylic acids is 2. The molecule has 5 N–H and O–H groups in total. The Bertz CT molecular complexity index is 368. The van der Waals surface area contributed by atoms with Gasteiger partial charge in [-0.1, -0.05) is 13.8 Å². The van der Waals surface area contributed by atoms with Crippen LogP contribution in [0.4, 0.5) is 0 Å². The fraction of sp³-hybridized carbons (Fsp3) is 0.667. The Hall–Kier alpha value is -2.12. The average Bonchev–Trinajstić information content (AvgIpc) is 2.40. The van der Waals surface area contributed by atoms with Crippen LogP contribution in [-0.2, 0) is 14.4 Å². The highest BCUT2D eigenvalue weighted by Gasteiger charge is 2.32. The zero-order valence-electron chi connectivity index (χ0n) is 11.8. The van der Waals surface area contributed by atoms with E-state index in [0.29, 0.717) is 13.0 Å². The summed E-state index contributed by atoms with van der Waals surface area (Å²) >= 11 is 0. The van der Waals surface area contributed by atoms with Gasteiger partial charge in [0.05, 0.1) is 0 Å². The molecule has 0 saturated heterocycles. The average molecular weight is 286 g/mol. The lowest BCUT2D eigenvalue weighted by Gasteiger charge is -2.26. The summed E-state index contributed by atoms with van der Waals surface area (Å²) in [5.41, 5.74) is 5.11. The Kier molecular flexibility index (Phi) is 7.95. The van der Waals surface area contributed by atoms with Gasteiger partial charge in [-0.05, 0) is 12.8 Å². The number of nitrogens with two attached hydrogens (primary N) is 1. The number of aliphatic carboxylic acids is 1. The molecule has 0 rings (SSSR count). The van der Waals surface area contributed by atoms with Crippen molar-refractivity contribution >= 4 is 23.7 Å². The molecule has 0 aromatic heterocycles. The first-order chi connectivity index (χ1) is 9.34. The van der Waals surface area contributed by atoms with Crippen LogP contribution >= 0.6 is 0 Å².